The summed E-state index contributed by atoms with van der Waals surface area (Å²) >= 11 is 0. The molecule has 24 aromatic rings. The van der Waals surface area contributed by atoms with Gasteiger partial charge in [0.1, 0.15) is 0 Å². The third-order valence-electron chi connectivity index (χ3n) is 23.9. The Hall–Kier alpha value is -16.8. The summed E-state index contributed by atoms with van der Waals surface area (Å²) in [5, 5.41) is 9.81. The Kier molecular flexibility index (Phi) is 18.0. The zero-order valence-electron chi connectivity index (χ0n) is 67.2. The minimum Gasteiger partial charge on any atom is -0.309 e. The van der Waals surface area contributed by atoms with Gasteiger partial charge in [0.15, 0.2) is 34.9 Å². The molecule has 0 saturated heterocycles. The van der Waals surface area contributed by atoms with E-state index < -0.39 is 0 Å². The summed E-state index contributed by atoms with van der Waals surface area (Å²) in [6.07, 6.45) is 0. The van der Waals surface area contributed by atoms with Gasteiger partial charge in [0.05, 0.1) is 44.1 Å². The number of hydrogen-bond acceptors (Lipinski definition) is 6. The van der Waals surface area contributed by atoms with Crippen LogP contribution in [0.15, 0.2) is 449 Å². The predicted octanol–water partition coefficient (Wildman–Crippen LogP) is 28.8. The van der Waals surface area contributed by atoms with E-state index in [0.29, 0.717) is 34.9 Å². The highest BCUT2D eigenvalue weighted by Gasteiger charge is 2.24. The number of hydrogen-bond donors (Lipinski definition) is 0. The summed E-state index contributed by atoms with van der Waals surface area (Å²) in [5.41, 5.74) is 28.9. The first kappa shape index (κ1) is 72.4. The van der Waals surface area contributed by atoms with Crippen molar-refractivity contribution in [1.82, 2.24) is 48.2 Å². The summed E-state index contributed by atoms with van der Waals surface area (Å²) in [6, 6.07) is 159. The molecular weight excluding hydrogens is 1510 g/mol. The molecule has 0 saturated carbocycles. The molecular formula is C114H74N10. The van der Waals surface area contributed by atoms with Gasteiger partial charge in [0.2, 0.25) is 0 Å². The first-order valence-corrected chi connectivity index (χ1v) is 41.9. The summed E-state index contributed by atoms with van der Waals surface area (Å²) in [7, 11) is 0. The van der Waals surface area contributed by atoms with Crippen LogP contribution in [0.4, 0.5) is 0 Å². The maximum atomic E-state index is 5.01. The van der Waals surface area contributed by atoms with Crippen LogP contribution in [-0.4, -0.2) is 48.2 Å². The molecule has 18 aromatic carbocycles. The van der Waals surface area contributed by atoms with Crippen LogP contribution in [0.5, 0.6) is 0 Å². The fraction of sp³-hybridized carbons (Fsp3) is 0. The Morgan fingerprint density at radius 1 is 0.129 bits per heavy atom. The second-order valence-electron chi connectivity index (χ2n) is 31.3. The van der Waals surface area contributed by atoms with Crippen LogP contribution in [-0.2, 0) is 0 Å². The molecule has 24 rings (SSSR count). The van der Waals surface area contributed by atoms with Crippen molar-refractivity contribution in [2.75, 3.05) is 0 Å². The fourth-order valence-corrected chi connectivity index (χ4v) is 18.2. The summed E-state index contributed by atoms with van der Waals surface area (Å²) in [5.74, 6) is 3.88. The molecule has 0 radical (unpaired) electrons. The minimum atomic E-state index is 0.637. The van der Waals surface area contributed by atoms with Crippen molar-refractivity contribution in [3.63, 3.8) is 0 Å². The molecule has 10 nitrogen and oxygen atoms in total. The molecule has 6 heterocycles. The lowest BCUT2D eigenvalue weighted by molar-refractivity contribution is 1.07. The van der Waals surface area contributed by atoms with E-state index in [4.69, 9.17) is 29.9 Å². The predicted molar refractivity (Wildman–Crippen MR) is 511 cm³/mol. The third kappa shape index (κ3) is 12.9. The molecule has 0 aliphatic carbocycles. The molecule has 0 amide bonds. The quantitative estimate of drug-likeness (QED) is 0.108. The summed E-state index contributed by atoms with van der Waals surface area (Å²) in [4.78, 5) is 29.7. The van der Waals surface area contributed by atoms with Crippen LogP contribution in [0.1, 0.15) is 0 Å². The van der Waals surface area contributed by atoms with Crippen molar-refractivity contribution in [2.45, 2.75) is 0 Å². The van der Waals surface area contributed by atoms with Crippen LogP contribution in [0.2, 0.25) is 0 Å². The van der Waals surface area contributed by atoms with Crippen LogP contribution < -0.4 is 0 Å². The van der Waals surface area contributed by atoms with E-state index in [1.54, 1.807) is 0 Å². The number of nitrogens with zero attached hydrogens (tertiary/aromatic N) is 10. The van der Waals surface area contributed by atoms with E-state index in [-0.39, 0.29) is 0 Å². The molecule has 0 aliphatic heterocycles. The zero-order valence-corrected chi connectivity index (χ0v) is 67.2. The molecule has 10 heteroatoms. The van der Waals surface area contributed by atoms with Crippen LogP contribution in [0.25, 0.3) is 223 Å². The maximum Gasteiger partial charge on any atom is 0.164 e. The first-order chi connectivity index (χ1) is 61.5. The lowest BCUT2D eigenvalue weighted by Crippen LogP contribution is -2.00. The van der Waals surface area contributed by atoms with Crippen molar-refractivity contribution in [1.29, 1.82) is 0 Å². The van der Waals surface area contributed by atoms with Gasteiger partial charge >= 0.3 is 0 Å². The van der Waals surface area contributed by atoms with Gasteiger partial charge in [0, 0.05) is 99.2 Å². The molecule has 0 unspecified atom stereocenters. The highest BCUT2D eigenvalue weighted by Crippen LogP contribution is 2.45. The van der Waals surface area contributed by atoms with Crippen molar-refractivity contribution >= 4 is 87.2 Å². The highest BCUT2D eigenvalue weighted by atomic mass is 15.1. The Labute approximate surface area is 715 Å². The number of benzene rings is 18. The van der Waals surface area contributed by atoms with E-state index in [1.165, 1.54) is 92.9 Å². The van der Waals surface area contributed by atoms with Crippen LogP contribution in [0, 0.1) is 0 Å². The summed E-state index contributed by atoms with van der Waals surface area (Å²) < 4.78 is 9.57. The second kappa shape index (κ2) is 30.8. The van der Waals surface area contributed by atoms with E-state index in [1.807, 2.05) is 121 Å². The maximum absolute atomic E-state index is 5.01. The van der Waals surface area contributed by atoms with Gasteiger partial charge in [-0.2, -0.15) is 0 Å². The number of aromatic nitrogens is 10. The van der Waals surface area contributed by atoms with Gasteiger partial charge in [-0.1, -0.05) is 334 Å². The average molecular weight is 1580 g/mol. The average Bonchev–Trinajstić information content (AvgIpc) is 1.58. The van der Waals surface area contributed by atoms with Crippen LogP contribution in [0.3, 0.4) is 0 Å². The van der Waals surface area contributed by atoms with Gasteiger partial charge in [-0.05, 0) is 160 Å². The molecule has 6 aromatic heterocycles. The minimum absolute atomic E-state index is 0.637. The van der Waals surface area contributed by atoms with Crippen LogP contribution >= 0.6 is 0 Å². The van der Waals surface area contributed by atoms with Gasteiger partial charge < -0.3 is 18.3 Å². The number of rotatable bonds is 14. The number of fused-ring (bicyclic) bond motifs is 12. The fourth-order valence-electron chi connectivity index (χ4n) is 18.2. The second-order valence-corrected chi connectivity index (χ2v) is 31.3. The molecule has 0 bridgehead atoms. The SMILES string of the molecule is c1ccc(-c2nc(-c3ccccc3)nc(-c3ccc(-c4ccc5c(c4)c4ccccc4n5-c4cccc(-c5cccc6c5c5ccccc5n6-c5ccccc5)c4)cc3)n2)cc1.c1ccc(-c2nc(-c3ccccc3)nc(-c3cccc(-c4ccc5c(c4)c4ccccc4n5-c4cccc(-c5cccc6c5c5ccccc5n6-c5ccccc5)c4)c3)n2)cc1. The Morgan fingerprint density at radius 3 is 0.774 bits per heavy atom. The molecule has 580 valence electrons. The van der Waals surface area contributed by atoms with E-state index in [0.717, 1.165) is 94.9 Å². The molecule has 0 atom stereocenters. The van der Waals surface area contributed by atoms with Gasteiger partial charge in [-0.3, -0.25) is 0 Å². The monoisotopic (exact) mass is 1580 g/mol. The molecule has 0 N–H and O–H groups in total. The standard InChI is InChI=1S/2C57H37N5/c1-4-17-38(18-5-1)55-58-56(39-19-6-2-7-20-39)60-57(59-55)43-23-14-21-40(35-43)41-33-34-52-49(37-41)47-27-10-12-30-50(47)62(52)45-26-15-22-42(36-45)46-29-16-32-53-54(46)48-28-11-13-31-51(48)61(53)44-24-8-3-9-25-44;1-4-16-39(17-5-1)55-58-56(40-18-6-2-7-19-40)60-57(59-55)41-32-30-38(31-33-41)42-34-35-52-49(37-42)47-24-10-12-27-50(47)62(52)45-23-14-20-43(36-45)46-26-15-29-53-54(46)48-25-11-13-28-51(48)61(53)44-21-8-3-9-22-44/h2*1-37H. The summed E-state index contributed by atoms with van der Waals surface area (Å²) in [6.45, 7) is 0. The Morgan fingerprint density at radius 2 is 0.371 bits per heavy atom. The first-order valence-electron chi connectivity index (χ1n) is 41.9. The van der Waals surface area contributed by atoms with Gasteiger partial charge in [0.25, 0.3) is 0 Å². The number of para-hydroxylation sites is 6. The van der Waals surface area contributed by atoms with Crippen molar-refractivity contribution in [3.05, 3.63) is 449 Å². The zero-order chi connectivity index (χ0) is 82.0. The molecule has 124 heavy (non-hydrogen) atoms. The highest BCUT2D eigenvalue weighted by molar-refractivity contribution is 6.18. The Balaban J connectivity index is 0.000000143. The van der Waals surface area contributed by atoms with Gasteiger partial charge in [-0.15, -0.1) is 0 Å². The lowest BCUT2D eigenvalue weighted by atomic mass is 9.99. The lowest BCUT2D eigenvalue weighted by Gasteiger charge is -2.12. The topological polar surface area (TPSA) is 97.1 Å². The van der Waals surface area contributed by atoms with Crippen molar-refractivity contribution in [2.24, 2.45) is 0 Å². The smallest absolute Gasteiger partial charge is 0.164 e. The van der Waals surface area contributed by atoms with Crippen molar-refractivity contribution < 1.29 is 0 Å². The molecule has 0 fully saturated rings. The van der Waals surface area contributed by atoms with E-state index in [2.05, 4.69) is 346 Å². The van der Waals surface area contributed by atoms with E-state index in [9.17, 15) is 0 Å². The molecule has 0 aliphatic rings. The van der Waals surface area contributed by atoms with E-state index >= 15 is 0 Å². The third-order valence-corrected chi connectivity index (χ3v) is 23.9. The van der Waals surface area contributed by atoms with Gasteiger partial charge in [-0.25, -0.2) is 29.9 Å². The Bertz CT molecular complexity index is 8090. The largest absolute Gasteiger partial charge is 0.309 e. The van der Waals surface area contributed by atoms with Crippen molar-refractivity contribution in [3.8, 4) is 136 Å². The normalized spacial score (nSPS) is 11.5. The molecule has 0 spiro atoms.